The number of carbonyl (C=O) groups excluding carboxylic acids is 1. The van der Waals surface area contributed by atoms with Crippen molar-refractivity contribution in [1.29, 1.82) is 0 Å². The Kier molecular flexibility index (Phi) is 9.34. The third-order valence-electron chi connectivity index (χ3n) is 4.08. The summed E-state index contributed by atoms with van der Waals surface area (Å²) < 4.78 is 31.5. The highest BCUT2D eigenvalue weighted by molar-refractivity contribution is 6.09. The average Bonchev–Trinajstić information content (AvgIpc) is 2.73. The van der Waals surface area contributed by atoms with Crippen LogP contribution in [0.2, 0.25) is 0 Å². The lowest BCUT2D eigenvalue weighted by molar-refractivity contribution is 0.0322. The Morgan fingerprint density at radius 3 is 2.03 bits per heavy atom. The molecule has 2 aromatic rings. The molecule has 0 aliphatic heterocycles. The SMILES string of the molecule is COCOc1ccc(/C=C/C(=O)c2c(C)cc(C)cc2OCOC)cc1OCOC. The first-order chi connectivity index (χ1) is 14.5. The molecule has 0 aromatic heterocycles. The molecular weight excluding hydrogens is 388 g/mol. The van der Waals surface area contributed by atoms with Gasteiger partial charge >= 0.3 is 0 Å². The van der Waals surface area contributed by atoms with Crippen molar-refractivity contribution in [3.05, 3.63) is 58.7 Å². The summed E-state index contributed by atoms with van der Waals surface area (Å²) in [6, 6.07) is 9.10. The van der Waals surface area contributed by atoms with E-state index < -0.39 is 0 Å². The molecule has 7 heteroatoms. The first kappa shape index (κ1) is 23.4. The number of carbonyl (C=O) groups is 1. The van der Waals surface area contributed by atoms with E-state index in [-0.39, 0.29) is 26.2 Å². The number of rotatable bonds is 12. The lowest BCUT2D eigenvalue weighted by atomic mass is 10.00. The molecule has 0 bridgehead atoms. The van der Waals surface area contributed by atoms with Gasteiger partial charge in [-0.25, -0.2) is 0 Å². The quantitative estimate of drug-likeness (QED) is 0.292. The van der Waals surface area contributed by atoms with Crippen molar-refractivity contribution in [2.75, 3.05) is 41.7 Å². The van der Waals surface area contributed by atoms with Crippen molar-refractivity contribution in [1.82, 2.24) is 0 Å². The lowest BCUT2D eigenvalue weighted by Gasteiger charge is -2.13. The first-order valence-electron chi connectivity index (χ1n) is 9.33. The summed E-state index contributed by atoms with van der Waals surface area (Å²) in [6.07, 6.45) is 3.21. The summed E-state index contributed by atoms with van der Waals surface area (Å²) in [5, 5.41) is 0. The van der Waals surface area contributed by atoms with Crippen LogP contribution in [0.15, 0.2) is 36.4 Å². The third-order valence-corrected chi connectivity index (χ3v) is 4.08. The van der Waals surface area contributed by atoms with Crippen molar-refractivity contribution < 1.29 is 33.2 Å². The zero-order chi connectivity index (χ0) is 21.9. The Morgan fingerprint density at radius 1 is 0.800 bits per heavy atom. The van der Waals surface area contributed by atoms with Gasteiger partial charge in [0, 0.05) is 21.3 Å². The van der Waals surface area contributed by atoms with Crippen LogP contribution in [0.5, 0.6) is 17.2 Å². The molecule has 0 amide bonds. The summed E-state index contributed by atoms with van der Waals surface area (Å²) in [4.78, 5) is 12.9. The highest BCUT2D eigenvalue weighted by Crippen LogP contribution is 2.30. The van der Waals surface area contributed by atoms with Gasteiger partial charge in [0.05, 0.1) is 5.56 Å². The molecular formula is C23H28O7. The van der Waals surface area contributed by atoms with E-state index in [0.717, 1.165) is 16.7 Å². The van der Waals surface area contributed by atoms with Gasteiger partial charge in [0.25, 0.3) is 0 Å². The van der Waals surface area contributed by atoms with Crippen LogP contribution in [0, 0.1) is 13.8 Å². The van der Waals surface area contributed by atoms with Gasteiger partial charge in [-0.1, -0.05) is 18.2 Å². The summed E-state index contributed by atoms with van der Waals surface area (Å²) >= 11 is 0. The van der Waals surface area contributed by atoms with E-state index in [4.69, 9.17) is 28.4 Å². The van der Waals surface area contributed by atoms with E-state index >= 15 is 0 Å². The van der Waals surface area contributed by atoms with E-state index in [2.05, 4.69) is 0 Å². The van der Waals surface area contributed by atoms with Gasteiger partial charge in [-0.05, 0) is 54.8 Å². The van der Waals surface area contributed by atoms with Gasteiger partial charge in [-0.15, -0.1) is 0 Å². The fourth-order valence-corrected chi connectivity index (χ4v) is 2.84. The monoisotopic (exact) mass is 416 g/mol. The third kappa shape index (κ3) is 6.59. The Hall–Kier alpha value is -2.87. The number of ether oxygens (including phenoxy) is 6. The summed E-state index contributed by atoms with van der Waals surface area (Å²) in [7, 11) is 4.61. The minimum absolute atomic E-state index is 0.0655. The van der Waals surface area contributed by atoms with E-state index in [1.165, 1.54) is 27.4 Å². The number of aryl methyl sites for hydroxylation is 2. The van der Waals surface area contributed by atoms with Gasteiger partial charge in [0.1, 0.15) is 5.75 Å². The fraction of sp³-hybridized carbons (Fsp3) is 0.348. The molecule has 2 rings (SSSR count). The predicted octanol–water partition coefficient (Wildman–Crippen LogP) is 4.15. The Bertz CT molecular complexity index is 874. The minimum atomic E-state index is -0.169. The maximum absolute atomic E-state index is 12.9. The van der Waals surface area contributed by atoms with Crippen LogP contribution in [0.25, 0.3) is 6.08 Å². The minimum Gasteiger partial charge on any atom is -0.467 e. The van der Waals surface area contributed by atoms with Crippen LogP contribution >= 0.6 is 0 Å². The molecule has 0 aliphatic carbocycles. The molecule has 162 valence electrons. The van der Waals surface area contributed by atoms with Gasteiger partial charge in [0.15, 0.2) is 37.7 Å². The van der Waals surface area contributed by atoms with Crippen LogP contribution < -0.4 is 14.2 Å². The molecule has 0 unspecified atom stereocenters. The Labute approximate surface area is 177 Å². The maximum Gasteiger partial charge on any atom is 0.189 e. The highest BCUT2D eigenvalue weighted by Gasteiger charge is 2.15. The van der Waals surface area contributed by atoms with Crippen LogP contribution in [0.3, 0.4) is 0 Å². The van der Waals surface area contributed by atoms with Crippen LogP contribution in [-0.4, -0.2) is 47.5 Å². The van der Waals surface area contributed by atoms with E-state index in [1.54, 1.807) is 18.2 Å². The Morgan fingerprint density at radius 2 is 1.40 bits per heavy atom. The van der Waals surface area contributed by atoms with Gasteiger partial charge in [-0.3, -0.25) is 4.79 Å². The molecule has 0 heterocycles. The number of hydrogen-bond donors (Lipinski definition) is 0. The molecule has 0 N–H and O–H groups in total. The number of methoxy groups -OCH3 is 3. The second-order valence-electron chi connectivity index (χ2n) is 6.51. The predicted molar refractivity (Wildman–Crippen MR) is 113 cm³/mol. The first-order valence-corrected chi connectivity index (χ1v) is 9.33. The zero-order valence-electron chi connectivity index (χ0n) is 18.0. The van der Waals surface area contributed by atoms with Crippen LogP contribution in [-0.2, 0) is 14.2 Å². The van der Waals surface area contributed by atoms with Gasteiger partial charge < -0.3 is 28.4 Å². The molecule has 0 fully saturated rings. The summed E-state index contributed by atoms with van der Waals surface area (Å²) in [5.41, 5.74) is 3.11. The Balaban J connectivity index is 2.27. The molecule has 7 nitrogen and oxygen atoms in total. The van der Waals surface area contributed by atoms with Gasteiger partial charge in [-0.2, -0.15) is 0 Å². The topological polar surface area (TPSA) is 72.5 Å². The molecule has 0 spiro atoms. The molecule has 0 saturated carbocycles. The molecule has 0 atom stereocenters. The van der Waals surface area contributed by atoms with Crippen molar-refractivity contribution in [2.45, 2.75) is 13.8 Å². The number of ketones is 1. The van der Waals surface area contributed by atoms with Crippen LogP contribution in [0.4, 0.5) is 0 Å². The normalized spacial score (nSPS) is 11.0. The highest BCUT2D eigenvalue weighted by atomic mass is 16.7. The molecule has 0 aliphatic rings. The van der Waals surface area contributed by atoms with Gasteiger partial charge in [0.2, 0.25) is 0 Å². The summed E-state index contributed by atoms with van der Waals surface area (Å²) in [5.74, 6) is 1.33. The zero-order valence-corrected chi connectivity index (χ0v) is 18.0. The van der Waals surface area contributed by atoms with E-state index in [1.807, 2.05) is 32.0 Å². The standard InChI is InChI=1S/C23H28O7/c1-16-10-17(2)23(22(11-16)30-15-27-5)19(24)8-6-18-7-9-20(28-13-25-3)21(12-18)29-14-26-4/h6-12H,13-15H2,1-5H3/b8-6+. The second kappa shape index (κ2) is 12.0. The van der Waals surface area contributed by atoms with Crippen molar-refractivity contribution >= 4 is 11.9 Å². The van der Waals surface area contributed by atoms with Crippen molar-refractivity contribution in [2.24, 2.45) is 0 Å². The second-order valence-corrected chi connectivity index (χ2v) is 6.51. The van der Waals surface area contributed by atoms with Crippen molar-refractivity contribution in [3.63, 3.8) is 0 Å². The average molecular weight is 416 g/mol. The molecule has 0 radical (unpaired) electrons. The number of benzene rings is 2. The molecule has 2 aromatic carbocycles. The number of hydrogen-bond acceptors (Lipinski definition) is 7. The lowest BCUT2D eigenvalue weighted by Crippen LogP contribution is -2.07. The van der Waals surface area contributed by atoms with E-state index in [0.29, 0.717) is 22.8 Å². The smallest absolute Gasteiger partial charge is 0.189 e. The maximum atomic E-state index is 12.9. The number of allylic oxidation sites excluding steroid dienone is 1. The molecule has 0 saturated heterocycles. The molecule has 30 heavy (non-hydrogen) atoms. The summed E-state index contributed by atoms with van der Waals surface area (Å²) in [6.45, 7) is 4.06. The largest absolute Gasteiger partial charge is 0.467 e. The van der Waals surface area contributed by atoms with E-state index in [9.17, 15) is 4.79 Å². The fourth-order valence-electron chi connectivity index (χ4n) is 2.84. The van der Waals surface area contributed by atoms with Crippen LogP contribution in [0.1, 0.15) is 27.0 Å². The van der Waals surface area contributed by atoms with Crippen molar-refractivity contribution in [3.8, 4) is 17.2 Å².